The summed E-state index contributed by atoms with van der Waals surface area (Å²) in [5, 5.41) is 3.35. The van der Waals surface area contributed by atoms with Crippen LogP contribution in [0.25, 0.3) is 4.96 Å². The minimum Gasteiger partial charge on any atom is -0.445 e. The molecular formula is C13H16N4OS. The minimum atomic E-state index is 0.629. The van der Waals surface area contributed by atoms with Gasteiger partial charge in [0.1, 0.15) is 5.76 Å². The molecule has 0 bridgehead atoms. The number of oxazole rings is 1. The van der Waals surface area contributed by atoms with Crippen molar-refractivity contribution in [2.75, 3.05) is 0 Å². The van der Waals surface area contributed by atoms with E-state index >= 15 is 0 Å². The Morgan fingerprint density at radius 3 is 2.89 bits per heavy atom. The number of rotatable bonds is 4. The van der Waals surface area contributed by atoms with E-state index in [0.717, 1.165) is 28.9 Å². The van der Waals surface area contributed by atoms with Crippen molar-refractivity contribution in [2.45, 2.75) is 33.9 Å². The van der Waals surface area contributed by atoms with E-state index in [1.807, 2.05) is 13.8 Å². The Kier molecular flexibility index (Phi) is 3.12. The van der Waals surface area contributed by atoms with E-state index in [4.69, 9.17) is 4.42 Å². The van der Waals surface area contributed by atoms with E-state index in [9.17, 15) is 0 Å². The van der Waals surface area contributed by atoms with Gasteiger partial charge in [-0.25, -0.2) is 9.97 Å². The first kappa shape index (κ1) is 12.4. The zero-order valence-electron chi connectivity index (χ0n) is 11.2. The maximum absolute atomic E-state index is 5.43. The zero-order valence-corrected chi connectivity index (χ0v) is 12.0. The molecule has 0 radical (unpaired) electrons. The number of imidazole rings is 1. The summed E-state index contributed by atoms with van der Waals surface area (Å²) < 4.78 is 7.59. The first-order chi connectivity index (χ1) is 9.13. The van der Waals surface area contributed by atoms with Crippen LogP contribution in [0.1, 0.15) is 27.9 Å². The number of hydrogen-bond acceptors (Lipinski definition) is 5. The predicted molar refractivity (Wildman–Crippen MR) is 74.3 cm³/mol. The lowest BCUT2D eigenvalue weighted by Crippen LogP contribution is -2.14. The summed E-state index contributed by atoms with van der Waals surface area (Å²) in [4.78, 5) is 11.1. The van der Waals surface area contributed by atoms with Crippen LogP contribution < -0.4 is 5.32 Å². The van der Waals surface area contributed by atoms with Crippen LogP contribution in [0.4, 0.5) is 0 Å². The van der Waals surface area contributed by atoms with E-state index < -0.39 is 0 Å². The first-order valence-corrected chi connectivity index (χ1v) is 7.01. The first-order valence-electron chi connectivity index (χ1n) is 6.19. The number of aryl methyl sites for hydroxylation is 3. The second-order valence-electron chi connectivity index (χ2n) is 4.61. The lowest BCUT2D eigenvalue weighted by Gasteiger charge is -2.02. The molecule has 0 aliphatic rings. The average Bonchev–Trinajstić information content (AvgIpc) is 2.97. The van der Waals surface area contributed by atoms with Crippen LogP contribution in [0.2, 0.25) is 0 Å². The highest BCUT2D eigenvalue weighted by atomic mass is 32.1. The third-order valence-corrected chi connectivity index (χ3v) is 3.88. The smallest absolute Gasteiger partial charge is 0.208 e. The van der Waals surface area contributed by atoms with Crippen LogP contribution in [-0.2, 0) is 13.1 Å². The Hall–Kier alpha value is -1.66. The molecule has 0 aliphatic heterocycles. The number of nitrogens with one attached hydrogen (secondary N) is 1. The van der Waals surface area contributed by atoms with Crippen LogP contribution in [0.15, 0.2) is 16.8 Å². The quantitative estimate of drug-likeness (QED) is 0.796. The van der Waals surface area contributed by atoms with Gasteiger partial charge >= 0.3 is 0 Å². The van der Waals surface area contributed by atoms with Crippen LogP contribution in [0, 0.1) is 20.8 Å². The average molecular weight is 276 g/mol. The highest BCUT2D eigenvalue weighted by Crippen LogP contribution is 2.20. The Balaban J connectivity index is 1.72. The lowest BCUT2D eigenvalue weighted by molar-refractivity contribution is 0.448. The summed E-state index contributed by atoms with van der Waals surface area (Å²) in [5.74, 6) is 1.56. The van der Waals surface area contributed by atoms with Crippen molar-refractivity contribution < 1.29 is 4.42 Å². The molecule has 0 aliphatic carbocycles. The highest BCUT2D eigenvalue weighted by Gasteiger charge is 2.11. The van der Waals surface area contributed by atoms with Gasteiger partial charge in [-0.3, -0.25) is 4.40 Å². The van der Waals surface area contributed by atoms with E-state index in [1.54, 1.807) is 17.5 Å². The molecular weight excluding hydrogens is 260 g/mol. The number of aromatic nitrogens is 3. The molecule has 19 heavy (non-hydrogen) atoms. The van der Waals surface area contributed by atoms with E-state index in [2.05, 4.69) is 32.8 Å². The molecule has 0 aromatic carbocycles. The van der Waals surface area contributed by atoms with Crippen molar-refractivity contribution in [1.82, 2.24) is 19.7 Å². The minimum absolute atomic E-state index is 0.629. The Bertz CT molecular complexity index is 709. The van der Waals surface area contributed by atoms with Crippen LogP contribution in [-0.4, -0.2) is 14.4 Å². The summed E-state index contributed by atoms with van der Waals surface area (Å²) in [7, 11) is 0. The lowest BCUT2D eigenvalue weighted by atomic mass is 10.3. The van der Waals surface area contributed by atoms with Gasteiger partial charge in [0.05, 0.1) is 24.1 Å². The molecule has 5 nitrogen and oxygen atoms in total. The fourth-order valence-corrected chi connectivity index (χ4v) is 2.98. The molecule has 0 unspecified atom stereocenters. The Morgan fingerprint density at radius 2 is 2.16 bits per heavy atom. The van der Waals surface area contributed by atoms with Crippen molar-refractivity contribution in [2.24, 2.45) is 0 Å². The summed E-state index contributed by atoms with van der Waals surface area (Å²) in [5.41, 5.74) is 2.27. The summed E-state index contributed by atoms with van der Waals surface area (Å²) in [6, 6.07) is 0. The van der Waals surface area contributed by atoms with E-state index in [-0.39, 0.29) is 0 Å². The molecule has 6 heteroatoms. The van der Waals surface area contributed by atoms with Crippen LogP contribution in [0.3, 0.4) is 0 Å². The fraction of sp³-hybridized carbons (Fsp3) is 0.385. The van der Waals surface area contributed by atoms with Gasteiger partial charge < -0.3 is 9.73 Å². The molecule has 0 saturated heterocycles. The summed E-state index contributed by atoms with van der Waals surface area (Å²) in [6.07, 6.45) is 3.87. The monoisotopic (exact) mass is 276 g/mol. The number of hydrogen-bond donors (Lipinski definition) is 1. The summed E-state index contributed by atoms with van der Waals surface area (Å²) in [6.45, 7) is 7.42. The second kappa shape index (κ2) is 4.79. The molecule has 0 atom stereocenters. The van der Waals surface area contributed by atoms with Crippen LogP contribution >= 0.6 is 11.3 Å². The molecule has 3 heterocycles. The zero-order chi connectivity index (χ0) is 13.4. The summed E-state index contributed by atoms with van der Waals surface area (Å²) >= 11 is 1.71. The Morgan fingerprint density at radius 1 is 1.32 bits per heavy atom. The van der Waals surface area contributed by atoms with E-state index in [0.29, 0.717) is 6.54 Å². The number of nitrogens with zero attached hydrogens (tertiary/aromatic N) is 3. The normalized spacial score (nSPS) is 11.5. The van der Waals surface area contributed by atoms with Gasteiger partial charge in [0.15, 0.2) is 4.96 Å². The van der Waals surface area contributed by atoms with Gasteiger partial charge in [0.2, 0.25) is 5.89 Å². The second-order valence-corrected chi connectivity index (χ2v) is 5.82. The molecule has 0 amide bonds. The van der Waals surface area contributed by atoms with Crippen molar-refractivity contribution in [1.29, 1.82) is 0 Å². The maximum Gasteiger partial charge on any atom is 0.208 e. The van der Waals surface area contributed by atoms with Crippen molar-refractivity contribution in [3.63, 3.8) is 0 Å². The van der Waals surface area contributed by atoms with Gasteiger partial charge in [-0.2, -0.15) is 0 Å². The number of fused-ring (bicyclic) bond motifs is 1. The Labute approximate surface area is 115 Å². The van der Waals surface area contributed by atoms with Crippen molar-refractivity contribution in [3.05, 3.63) is 40.3 Å². The molecule has 0 saturated carbocycles. The molecule has 1 N–H and O–H groups in total. The third kappa shape index (κ3) is 2.41. The maximum atomic E-state index is 5.43. The largest absolute Gasteiger partial charge is 0.445 e. The third-order valence-electron chi connectivity index (χ3n) is 2.98. The van der Waals surface area contributed by atoms with Crippen LogP contribution in [0.5, 0.6) is 0 Å². The molecule has 3 aromatic rings. The van der Waals surface area contributed by atoms with E-state index in [1.165, 1.54) is 10.6 Å². The predicted octanol–water partition coefficient (Wildman–Crippen LogP) is 2.60. The number of thiazole rings is 1. The van der Waals surface area contributed by atoms with Crippen molar-refractivity contribution >= 4 is 16.3 Å². The van der Waals surface area contributed by atoms with Gasteiger partial charge in [-0.05, 0) is 20.8 Å². The van der Waals surface area contributed by atoms with Gasteiger partial charge in [-0.15, -0.1) is 11.3 Å². The van der Waals surface area contributed by atoms with Gasteiger partial charge in [-0.1, -0.05) is 0 Å². The van der Waals surface area contributed by atoms with Crippen molar-refractivity contribution in [3.8, 4) is 0 Å². The fourth-order valence-electron chi connectivity index (χ4n) is 2.09. The molecule has 3 rings (SSSR count). The molecule has 100 valence electrons. The molecule has 3 aromatic heterocycles. The SMILES string of the molecule is Cc1cnc(CNCc2c(C)nc3sc(C)cn23)o1. The topological polar surface area (TPSA) is 55.4 Å². The van der Waals surface area contributed by atoms with Gasteiger partial charge in [0, 0.05) is 17.6 Å². The highest BCUT2D eigenvalue weighted by molar-refractivity contribution is 7.17. The molecule has 0 spiro atoms. The standard InChI is InChI=1S/C13H16N4OS/c1-8-4-15-12(18-8)6-14-5-11-10(3)16-13-17(11)7-9(2)19-13/h4,7,14H,5-6H2,1-3H3. The molecule has 0 fully saturated rings. The van der Waals surface area contributed by atoms with Gasteiger partial charge in [0.25, 0.3) is 0 Å².